The zero-order chi connectivity index (χ0) is 13.8. The quantitative estimate of drug-likeness (QED) is 0.914. The summed E-state index contributed by atoms with van der Waals surface area (Å²) in [6.45, 7) is 6.51. The van der Waals surface area contributed by atoms with Gasteiger partial charge in [-0.3, -0.25) is 4.98 Å². The molecule has 19 heavy (non-hydrogen) atoms. The topological polar surface area (TPSA) is 42.4 Å². The number of nitrogens with zero attached hydrogens (tertiary/aromatic N) is 1. The Labute approximate surface area is 113 Å². The van der Waals surface area contributed by atoms with Crippen molar-refractivity contribution in [3.05, 3.63) is 58.9 Å². The van der Waals surface area contributed by atoms with Gasteiger partial charge in [-0.05, 0) is 49.6 Å². The average Bonchev–Trinajstić information content (AvgIpc) is 2.39. The molecule has 0 fully saturated rings. The molecule has 0 aliphatic rings. The van der Waals surface area contributed by atoms with Crippen LogP contribution in [0.15, 0.2) is 36.5 Å². The number of hydrogen-bond acceptors (Lipinski definition) is 3. The standard InChI is InChI=1S/C16H19NO2/c1-4-19-14-7-5-6-13(9-14)16(18)15-12(3)8-11(2)10-17-15/h5-10,16,18H,4H2,1-3H3. The fraction of sp³-hybridized carbons (Fsp3) is 0.312. The molecule has 2 aromatic rings. The van der Waals surface area contributed by atoms with Crippen LogP contribution in [0.4, 0.5) is 0 Å². The predicted molar refractivity (Wildman–Crippen MR) is 75.4 cm³/mol. The number of ether oxygens (including phenoxy) is 1. The predicted octanol–water partition coefficient (Wildman–Crippen LogP) is 3.18. The van der Waals surface area contributed by atoms with Crippen LogP contribution in [-0.2, 0) is 0 Å². The second-order valence-corrected chi connectivity index (χ2v) is 4.62. The van der Waals surface area contributed by atoms with Gasteiger partial charge < -0.3 is 9.84 Å². The minimum Gasteiger partial charge on any atom is -0.494 e. The Bertz CT molecular complexity index is 566. The Morgan fingerprint density at radius 2 is 2.05 bits per heavy atom. The van der Waals surface area contributed by atoms with Crippen molar-refractivity contribution in [2.24, 2.45) is 0 Å². The van der Waals surface area contributed by atoms with E-state index in [4.69, 9.17) is 4.74 Å². The van der Waals surface area contributed by atoms with E-state index in [0.29, 0.717) is 12.3 Å². The molecule has 0 saturated heterocycles. The first-order valence-electron chi connectivity index (χ1n) is 6.45. The van der Waals surface area contributed by atoms with Crippen LogP contribution in [0.25, 0.3) is 0 Å². The summed E-state index contributed by atoms with van der Waals surface area (Å²) in [5.74, 6) is 0.767. The molecule has 2 rings (SSSR count). The van der Waals surface area contributed by atoms with Crippen LogP contribution in [0.1, 0.15) is 35.4 Å². The van der Waals surface area contributed by atoms with Crippen LogP contribution in [0.3, 0.4) is 0 Å². The van der Waals surface area contributed by atoms with Crippen molar-refractivity contribution < 1.29 is 9.84 Å². The molecular formula is C16H19NO2. The van der Waals surface area contributed by atoms with E-state index in [1.807, 2.05) is 51.1 Å². The van der Waals surface area contributed by atoms with Crippen molar-refractivity contribution >= 4 is 0 Å². The number of hydrogen-bond donors (Lipinski definition) is 1. The maximum absolute atomic E-state index is 10.4. The zero-order valence-electron chi connectivity index (χ0n) is 11.6. The molecule has 0 amide bonds. The van der Waals surface area contributed by atoms with E-state index in [9.17, 15) is 5.11 Å². The first kappa shape index (κ1) is 13.6. The second-order valence-electron chi connectivity index (χ2n) is 4.62. The van der Waals surface area contributed by atoms with Crippen LogP contribution in [-0.4, -0.2) is 16.7 Å². The van der Waals surface area contributed by atoms with Gasteiger partial charge in [0.15, 0.2) is 0 Å². The average molecular weight is 257 g/mol. The lowest BCUT2D eigenvalue weighted by molar-refractivity contribution is 0.213. The molecule has 3 nitrogen and oxygen atoms in total. The summed E-state index contributed by atoms with van der Waals surface area (Å²) in [5.41, 5.74) is 3.58. The first-order chi connectivity index (χ1) is 9.11. The summed E-state index contributed by atoms with van der Waals surface area (Å²) >= 11 is 0. The van der Waals surface area contributed by atoms with E-state index in [-0.39, 0.29) is 0 Å². The third-order valence-electron chi connectivity index (χ3n) is 3.00. The Kier molecular flexibility index (Phi) is 4.17. The largest absolute Gasteiger partial charge is 0.494 e. The Morgan fingerprint density at radius 3 is 2.74 bits per heavy atom. The first-order valence-corrected chi connectivity index (χ1v) is 6.45. The highest BCUT2D eigenvalue weighted by atomic mass is 16.5. The van der Waals surface area contributed by atoms with Gasteiger partial charge in [0, 0.05) is 6.20 Å². The van der Waals surface area contributed by atoms with Gasteiger partial charge in [-0.2, -0.15) is 0 Å². The number of aliphatic hydroxyl groups is 1. The molecule has 0 bridgehead atoms. The third-order valence-corrected chi connectivity index (χ3v) is 3.00. The van der Waals surface area contributed by atoms with Crippen LogP contribution < -0.4 is 4.74 Å². The molecule has 100 valence electrons. The molecular weight excluding hydrogens is 238 g/mol. The number of aryl methyl sites for hydroxylation is 2. The fourth-order valence-electron chi connectivity index (χ4n) is 2.11. The molecule has 0 aliphatic heterocycles. The van der Waals surface area contributed by atoms with Crippen molar-refractivity contribution in [3.63, 3.8) is 0 Å². The zero-order valence-corrected chi connectivity index (χ0v) is 11.6. The minimum atomic E-state index is -0.721. The molecule has 0 aliphatic carbocycles. The number of benzene rings is 1. The van der Waals surface area contributed by atoms with Crippen molar-refractivity contribution in [2.75, 3.05) is 6.61 Å². The molecule has 1 aromatic heterocycles. The van der Waals surface area contributed by atoms with Gasteiger partial charge >= 0.3 is 0 Å². The monoisotopic (exact) mass is 257 g/mol. The molecule has 1 aromatic carbocycles. The van der Waals surface area contributed by atoms with Crippen LogP contribution in [0.5, 0.6) is 5.75 Å². The summed E-state index contributed by atoms with van der Waals surface area (Å²) < 4.78 is 5.45. The summed E-state index contributed by atoms with van der Waals surface area (Å²) in [6.07, 6.45) is 1.05. The summed E-state index contributed by atoms with van der Waals surface area (Å²) in [7, 11) is 0. The second kappa shape index (κ2) is 5.85. The Balaban J connectivity index is 2.32. The van der Waals surface area contributed by atoms with Crippen molar-refractivity contribution in [2.45, 2.75) is 26.9 Å². The maximum atomic E-state index is 10.4. The molecule has 0 spiro atoms. The van der Waals surface area contributed by atoms with E-state index in [0.717, 1.165) is 22.4 Å². The SMILES string of the molecule is CCOc1cccc(C(O)c2ncc(C)cc2C)c1. The lowest BCUT2D eigenvalue weighted by atomic mass is 10.0. The highest BCUT2D eigenvalue weighted by Gasteiger charge is 2.15. The number of pyridine rings is 1. The normalized spacial score (nSPS) is 12.2. The van der Waals surface area contributed by atoms with Crippen LogP contribution >= 0.6 is 0 Å². The Morgan fingerprint density at radius 1 is 1.26 bits per heavy atom. The summed E-state index contributed by atoms with van der Waals surface area (Å²) in [4.78, 5) is 4.34. The van der Waals surface area contributed by atoms with E-state index in [1.165, 1.54) is 0 Å². The highest BCUT2D eigenvalue weighted by molar-refractivity contribution is 5.36. The molecule has 0 saturated carbocycles. The van der Waals surface area contributed by atoms with Crippen LogP contribution in [0.2, 0.25) is 0 Å². The molecule has 1 N–H and O–H groups in total. The van der Waals surface area contributed by atoms with Gasteiger partial charge in [0.05, 0.1) is 12.3 Å². The minimum absolute atomic E-state index is 0.612. The van der Waals surface area contributed by atoms with E-state index in [1.54, 1.807) is 6.20 Å². The number of rotatable bonds is 4. The fourth-order valence-corrected chi connectivity index (χ4v) is 2.11. The molecule has 1 atom stereocenters. The van der Waals surface area contributed by atoms with E-state index >= 15 is 0 Å². The third kappa shape index (κ3) is 3.12. The van der Waals surface area contributed by atoms with Gasteiger partial charge in [0.25, 0.3) is 0 Å². The van der Waals surface area contributed by atoms with Crippen molar-refractivity contribution in [1.82, 2.24) is 4.98 Å². The van der Waals surface area contributed by atoms with Crippen molar-refractivity contribution in [1.29, 1.82) is 0 Å². The lowest BCUT2D eigenvalue weighted by Gasteiger charge is -2.14. The van der Waals surface area contributed by atoms with E-state index in [2.05, 4.69) is 4.98 Å². The van der Waals surface area contributed by atoms with E-state index < -0.39 is 6.10 Å². The van der Waals surface area contributed by atoms with Gasteiger partial charge in [-0.1, -0.05) is 18.2 Å². The highest BCUT2D eigenvalue weighted by Crippen LogP contribution is 2.26. The van der Waals surface area contributed by atoms with Crippen LogP contribution in [0, 0.1) is 13.8 Å². The number of aromatic nitrogens is 1. The Hall–Kier alpha value is -1.87. The van der Waals surface area contributed by atoms with Gasteiger partial charge in [0.1, 0.15) is 11.9 Å². The van der Waals surface area contributed by atoms with Gasteiger partial charge in [0.2, 0.25) is 0 Å². The number of aliphatic hydroxyl groups excluding tert-OH is 1. The van der Waals surface area contributed by atoms with Gasteiger partial charge in [-0.15, -0.1) is 0 Å². The van der Waals surface area contributed by atoms with Crippen molar-refractivity contribution in [3.8, 4) is 5.75 Å². The molecule has 0 radical (unpaired) electrons. The smallest absolute Gasteiger partial charge is 0.121 e. The molecule has 3 heteroatoms. The summed E-state index contributed by atoms with van der Waals surface area (Å²) in [6, 6.07) is 9.53. The molecule has 1 heterocycles. The summed E-state index contributed by atoms with van der Waals surface area (Å²) in [5, 5.41) is 10.4. The molecule has 1 unspecified atom stereocenters. The van der Waals surface area contributed by atoms with Gasteiger partial charge in [-0.25, -0.2) is 0 Å². The maximum Gasteiger partial charge on any atom is 0.121 e. The lowest BCUT2D eigenvalue weighted by Crippen LogP contribution is -2.05.